The molecule has 13 heavy (non-hydrogen) atoms. The van der Waals surface area contributed by atoms with Gasteiger partial charge in [-0.3, -0.25) is 0 Å². The second kappa shape index (κ2) is 2.55. The lowest BCUT2D eigenvalue weighted by atomic mass is 10.2. The van der Waals surface area contributed by atoms with Gasteiger partial charge in [0.25, 0.3) is 0 Å². The number of aromatic amines is 1. The van der Waals surface area contributed by atoms with E-state index in [1.54, 1.807) is 19.2 Å². The van der Waals surface area contributed by atoms with Crippen molar-refractivity contribution >= 4 is 22.7 Å². The second-order valence-electron chi connectivity index (χ2n) is 2.73. The van der Waals surface area contributed by atoms with Gasteiger partial charge in [0.2, 0.25) is 0 Å². The molecule has 5 heteroatoms. The van der Waals surface area contributed by atoms with E-state index in [4.69, 9.17) is 16.2 Å². The molecule has 0 unspecified atom stereocenters. The summed E-state index contributed by atoms with van der Waals surface area (Å²) in [6.45, 7) is 0. The van der Waals surface area contributed by atoms with Crippen LogP contribution in [0.25, 0.3) is 11.0 Å². The molecule has 2 aromatic rings. The van der Waals surface area contributed by atoms with Gasteiger partial charge in [-0.15, -0.1) is 0 Å². The van der Waals surface area contributed by atoms with Crippen molar-refractivity contribution in [3.63, 3.8) is 0 Å². The molecular weight excluding hydrogens is 168 g/mol. The Bertz CT molecular complexity index is 449. The van der Waals surface area contributed by atoms with E-state index >= 15 is 0 Å². The zero-order valence-corrected chi connectivity index (χ0v) is 7.16. The predicted molar refractivity (Wildman–Crippen MR) is 51.5 cm³/mol. The van der Waals surface area contributed by atoms with Crippen LogP contribution >= 0.6 is 0 Å². The van der Waals surface area contributed by atoms with Gasteiger partial charge in [0.1, 0.15) is 11.3 Å². The average Bonchev–Trinajstić information content (AvgIpc) is 2.46. The van der Waals surface area contributed by atoms with Crippen LogP contribution in [0.3, 0.4) is 0 Å². The van der Waals surface area contributed by atoms with Crippen LogP contribution in [0.4, 0.5) is 11.6 Å². The number of benzene rings is 1. The molecule has 0 aliphatic rings. The molecule has 0 bridgehead atoms. The molecule has 1 aromatic heterocycles. The fourth-order valence-corrected chi connectivity index (χ4v) is 1.25. The lowest BCUT2D eigenvalue weighted by molar-refractivity contribution is 0.415. The van der Waals surface area contributed by atoms with Gasteiger partial charge >= 0.3 is 0 Å². The van der Waals surface area contributed by atoms with Crippen LogP contribution in [0.2, 0.25) is 0 Å². The van der Waals surface area contributed by atoms with E-state index in [0.29, 0.717) is 22.9 Å². The molecule has 1 aromatic carbocycles. The van der Waals surface area contributed by atoms with Crippen molar-refractivity contribution in [2.24, 2.45) is 0 Å². The summed E-state index contributed by atoms with van der Waals surface area (Å²) in [5, 5.41) is 0. The molecule has 5 nitrogen and oxygen atoms in total. The maximum absolute atomic E-state index is 5.73. The number of nitrogens with two attached hydrogens (primary N) is 2. The first kappa shape index (κ1) is 7.72. The van der Waals surface area contributed by atoms with Gasteiger partial charge in [-0.2, -0.15) is 0 Å². The Kier molecular flexibility index (Phi) is 1.51. The fourth-order valence-electron chi connectivity index (χ4n) is 1.25. The molecule has 0 spiro atoms. The minimum absolute atomic E-state index is 0.356. The summed E-state index contributed by atoms with van der Waals surface area (Å²) in [5.41, 5.74) is 13.2. The number of nitrogens with zero attached hydrogens (tertiary/aromatic N) is 1. The minimum atomic E-state index is 0.356. The van der Waals surface area contributed by atoms with Crippen molar-refractivity contribution < 1.29 is 4.74 Å². The summed E-state index contributed by atoms with van der Waals surface area (Å²) in [4.78, 5) is 6.91. The zero-order chi connectivity index (χ0) is 9.42. The van der Waals surface area contributed by atoms with Gasteiger partial charge in [0.15, 0.2) is 5.95 Å². The summed E-state index contributed by atoms with van der Waals surface area (Å²) in [6, 6.07) is 3.51. The van der Waals surface area contributed by atoms with Gasteiger partial charge in [0.05, 0.1) is 18.3 Å². The SMILES string of the molecule is COc1cc(N)c2nc(N)[nH]c2c1. The zero-order valence-electron chi connectivity index (χ0n) is 7.16. The van der Waals surface area contributed by atoms with Crippen molar-refractivity contribution in [3.8, 4) is 5.75 Å². The highest BCUT2D eigenvalue weighted by Crippen LogP contribution is 2.25. The van der Waals surface area contributed by atoms with Gasteiger partial charge < -0.3 is 21.2 Å². The van der Waals surface area contributed by atoms with Crippen LogP contribution in [-0.4, -0.2) is 17.1 Å². The fraction of sp³-hybridized carbons (Fsp3) is 0.125. The highest BCUT2D eigenvalue weighted by atomic mass is 16.5. The topological polar surface area (TPSA) is 89.9 Å². The number of imidazole rings is 1. The number of H-pyrrole nitrogens is 1. The number of nitrogens with one attached hydrogen (secondary N) is 1. The Morgan fingerprint density at radius 1 is 1.38 bits per heavy atom. The molecule has 5 N–H and O–H groups in total. The molecule has 2 rings (SSSR count). The van der Waals surface area contributed by atoms with Crippen LogP contribution in [0, 0.1) is 0 Å². The monoisotopic (exact) mass is 178 g/mol. The highest BCUT2D eigenvalue weighted by molar-refractivity contribution is 5.89. The lowest BCUT2D eigenvalue weighted by Gasteiger charge is -2.00. The smallest absolute Gasteiger partial charge is 0.198 e. The number of hydrogen-bond acceptors (Lipinski definition) is 4. The van der Waals surface area contributed by atoms with Gasteiger partial charge in [0, 0.05) is 12.1 Å². The minimum Gasteiger partial charge on any atom is -0.497 e. The summed E-state index contributed by atoms with van der Waals surface area (Å²) < 4.78 is 5.04. The van der Waals surface area contributed by atoms with Crippen LogP contribution in [0.5, 0.6) is 5.75 Å². The molecule has 0 saturated carbocycles. The highest BCUT2D eigenvalue weighted by Gasteiger charge is 2.05. The van der Waals surface area contributed by atoms with E-state index in [-0.39, 0.29) is 0 Å². The van der Waals surface area contributed by atoms with Gasteiger partial charge in [-0.05, 0) is 0 Å². The Morgan fingerprint density at radius 3 is 2.85 bits per heavy atom. The molecule has 1 heterocycles. The number of nitrogen functional groups attached to an aromatic ring is 2. The molecule has 0 fully saturated rings. The molecule has 0 saturated heterocycles. The van der Waals surface area contributed by atoms with Crippen molar-refractivity contribution in [1.82, 2.24) is 9.97 Å². The first-order valence-electron chi connectivity index (χ1n) is 3.79. The Labute approximate surface area is 74.7 Å². The normalized spacial score (nSPS) is 10.5. The number of fused-ring (bicyclic) bond motifs is 1. The third kappa shape index (κ3) is 1.14. The molecule has 0 amide bonds. The molecule has 0 radical (unpaired) electrons. The van der Waals surface area contributed by atoms with Gasteiger partial charge in [-0.1, -0.05) is 0 Å². The number of hydrogen-bond donors (Lipinski definition) is 3. The number of anilines is 2. The lowest BCUT2D eigenvalue weighted by Crippen LogP contribution is -1.89. The third-order valence-electron chi connectivity index (χ3n) is 1.84. The first-order valence-corrected chi connectivity index (χ1v) is 3.79. The van der Waals surface area contributed by atoms with E-state index in [1.807, 2.05) is 0 Å². The molecular formula is C8H10N4O. The Hall–Kier alpha value is -1.91. The summed E-state index contributed by atoms with van der Waals surface area (Å²) in [6.07, 6.45) is 0. The molecule has 0 aliphatic heterocycles. The quantitative estimate of drug-likeness (QED) is 0.561. The first-order chi connectivity index (χ1) is 6.20. The molecule has 68 valence electrons. The van der Waals surface area contributed by atoms with E-state index in [9.17, 15) is 0 Å². The number of ether oxygens (including phenoxy) is 1. The van der Waals surface area contributed by atoms with E-state index < -0.39 is 0 Å². The van der Waals surface area contributed by atoms with Crippen molar-refractivity contribution in [2.75, 3.05) is 18.6 Å². The predicted octanol–water partition coefficient (Wildman–Crippen LogP) is 0.736. The van der Waals surface area contributed by atoms with Crippen molar-refractivity contribution in [2.45, 2.75) is 0 Å². The maximum Gasteiger partial charge on any atom is 0.198 e. The number of rotatable bonds is 1. The van der Waals surface area contributed by atoms with Gasteiger partial charge in [-0.25, -0.2) is 4.98 Å². The number of aromatic nitrogens is 2. The maximum atomic E-state index is 5.73. The van der Waals surface area contributed by atoms with E-state index in [0.717, 1.165) is 5.52 Å². The Morgan fingerprint density at radius 2 is 2.15 bits per heavy atom. The van der Waals surface area contributed by atoms with Crippen molar-refractivity contribution in [1.29, 1.82) is 0 Å². The van der Waals surface area contributed by atoms with Crippen LogP contribution in [0.15, 0.2) is 12.1 Å². The Balaban J connectivity index is 2.75. The van der Waals surface area contributed by atoms with Crippen LogP contribution in [-0.2, 0) is 0 Å². The van der Waals surface area contributed by atoms with E-state index in [1.165, 1.54) is 0 Å². The number of methoxy groups -OCH3 is 1. The second-order valence-corrected chi connectivity index (χ2v) is 2.73. The van der Waals surface area contributed by atoms with Crippen LogP contribution in [0.1, 0.15) is 0 Å². The van der Waals surface area contributed by atoms with Crippen molar-refractivity contribution in [3.05, 3.63) is 12.1 Å². The summed E-state index contributed by atoms with van der Waals surface area (Å²) in [7, 11) is 1.58. The summed E-state index contributed by atoms with van der Waals surface area (Å²) >= 11 is 0. The average molecular weight is 178 g/mol. The molecule has 0 atom stereocenters. The van der Waals surface area contributed by atoms with E-state index in [2.05, 4.69) is 9.97 Å². The van der Waals surface area contributed by atoms with Crippen LogP contribution < -0.4 is 16.2 Å². The molecule has 0 aliphatic carbocycles. The standard InChI is InChI=1S/C8H10N4O/c1-13-4-2-5(9)7-6(3-4)11-8(10)12-7/h2-3H,9H2,1H3,(H3,10,11,12). The summed E-state index contributed by atoms with van der Waals surface area (Å²) in [5.74, 6) is 1.05. The third-order valence-corrected chi connectivity index (χ3v) is 1.84. The largest absolute Gasteiger partial charge is 0.497 e.